The van der Waals surface area contributed by atoms with Gasteiger partial charge in [-0.15, -0.1) is 0 Å². The molecule has 236 valence electrons. The van der Waals surface area contributed by atoms with Crippen molar-refractivity contribution in [2.45, 2.75) is 69.4 Å². The Labute approximate surface area is 250 Å². The number of hydrogen-bond donors (Lipinski definition) is 7. The lowest BCUT2D eigenvalue weighted by Gasteiger charge is -2.40. The Morgan fingerprint density at radius 1 is 1.00 bits per heavy atom. The predicted octanol–water partition coefficient (Wildman–Crippen LogP) is 1.80. The number of esters is 1. The Morgan fingerprint density at radius 2 is 1.70 bits per heavy atom. The minimum atomic E-state index is -1.88. The molecular weight excluding hydrogens is 580 g/mol. The zero-order chi connectivity index (χ0) is 31.9. The van der Waals surface area contributed by atoms with E-state index in [-0.39, 0.29) is 39.7 Å². The van der Waals surface area contributed by atoms with Crippen LogP contribution in [-0.4, -0.2) is 84.6 Å². The molecule has 6 atom stereocenters. The van der Waals surface area contributed by atoms with Crippen LogP contribution in [-0.2, 0) is 14.3 Å². The molecule has 2 aliphatic rings. The fourth-order valence-electron chi connectivity index (χ4n) is 5.36. The molecule has 3 aromatic rings. The number of allylic oxidation sites excluding steroid dienone is 1. The number of ether oxygens (including phenoxy) is 3. The fraction of sp³-hybridized carbons (Fsp3) is 0.419. The molecule has 44 heavy (non-hydrogen) atoms. The number of carbonyl (C=O) groups excluding carboxylic acids is 1. The lowest BCUT2D eigenvalue weighted by Crippen LogP contribution is -2.60. The van der Waals surface area contributed by atoms with Crippen LogP contribution >= 0.6 is 0 Å². The van der Waals surface area contributed by atoms with Crippen LogP contribution in [0.25, 0.3) is 22.3 Å². The van der Waals surface area contributed by atoms with Gasteiger partial charge in [0.2, 0.25) is 17.5 Å². The van der Waals surface area contributed by atoms with Crippen LogP contribution in [0.4, 0.5) is 0 Å². The van der Waals surface area contributed by atoms with Crippen molar-refractivity contribution < 1.29 is 59.2 Å². The highest BCUT2D eigenvalue weighted by Gasteiger charge is 2.46. The van der Waals surface area contributed by atoms with Gasteiger partial charge in [0.25, 0.3) is 0 Å². The third kappa shape index (κ3) is 6.23. The van der Waals surface area contributed by atoms with Crippen molar-refractivity contribution in [3.63, 3.8) is 0 Å². The zero-order valence-electron chi connectivity index (χ0n) is 23.9. The first kappa shape index (κ1) is 31.3. The Morgan fingerprint density at radius 3 is 2.34 bits per heavy atom. The van der Waals surface area contributed by atoms with E-state index in [1.807, 2.05) is 0 Å². The molecule has 1 aliphatic heterocycles. The summed E-state index contributed by atoms with van der Waals surface area (Å²) in [5.74, 6) is -2.56. The quantitative estimate of drug-likeness (QED) is 0.189. The second-order valence-electron chi connectivity index (χ2n) is 11.6. The molecular formula is C31H34O13. The summed E-state index contributed by atoms with van der Waals surface area (Å²) in [7, 11) is 0. The first-order chi connectivity index (χ1) is 20.7. The Kier molecular flexibility index (Phi) is 8.60. The SMILES string of the molecule is CC(C)(O)C1CC=C(C(=O)OCC2OC(Oc3c(-c4ccc(O)cc4)oc4cc(O)cc(O)c4c3=O)C(O)C(O)C2O)CC1. The molecule has 1 saturated heterocycles. The normalized spacial score (nSPS) is 25.8. The van der Waals surface area contributed by atoms with Crippen molar-refractivity contribution in [3.05, 3.63) is 58.3 Å². The van der Waals surface area contributed by atoms with Gasteiger partial charge < -0.3 is 54.4 Å². The van der Waals surface area contributed by atoms with Crippen LogP contribution < -0.4 is 10.2 Å². The molecule has 6 unspecified atom stereocenters. The molecule has 1 aliphatic carbocycles. The molecule has 7 N–H and O–H groups in total. The molecule has 0 saturated carbocycles. The number of carbonyl (C=O) groups is 1. The number of benzene rings is 2. The van der Waals surface area contributed by atoms with Crippen LogP contribution in [0, 0.1) is 5.92 Å². The van der Waals surface area contributed by atoms with Crippen molar-refractivity contribution in [1.29, 1.82) is 0 Å². The summed E-state index contributed by atoms with van der Waals surface area (Å²) in [5.41, 5.74) is -1.40. The summed E-state index contributed by atoms with van der Waals surface area (Å²) >= 11 is 0. The van der Waals surface area contributed by atoms with E-state index in [0.29, 0.717) is 24.8 Å². The lowest BCUT2D eigenvalue weighted by atomic mass is 9.79. The number of fused-ring (bicyclic) bond motifs is 1. The second-order valence-corrected chi connectivity index (χ2v) is 11.6. The van der Waals surface area contributed by atoms with Gasteiger partial charge in [-0.1, -0.05) is 6.08 Å². The zero-order valence-corrected chi connectivity index (χ0v) is 23.9. The standard InChI is InChI=1S/C31H34O13/c1-31(2,40)16-7-3-15(4-8-16)29(39)41-13-21-23(35)25(37)26(38)30(43-21)44-28-24(36)22-19(34)11-18(33)12-20(22)42-27(28)14-5-9-17(32)10-6-14/h3,5-6,9-12,16,21,23,25-26,30,32-35,37-38,40H,4,7-8,13H2,1-2H3. The number of phenolic OH excluding ortho intramolecular Hbond substituents is 3. The van der Waals surface area contributed by atoms with Gasteiger partial charge in [-0.05, 0) is 63.3 Å². The molecule has 0 spiro atoms. The fourth-order valence-corrected chi connectivity index (χ4v) is 5.36. The summed E-state index contributed by atoms with van der Waals surface area (Å²) < 4.78 is 22.6. The van der Waals surface area contributed by atoms with E-state index < -0.39 is 65.8 Å². The summed E-state index contributed by atoms with van der Waals surface area (Å²) in [4.78, 5) is 26.3. The van der Waals surface area contributed by atoms with E-state index in [1.54, 1.807) is 19.9 Å². The van der Waals surface area contributed by atoms with Gasteiger partial charge in [0.1, 0.15) is 59.2 Å². The van der Waals surface area contributed by atoms with E-state index in [4.69, 9.17) is 18.6 Å². The van der Waals surface area contributed by atoms with Gasteiger partial charge in [0, 0.05) is 23.3 Å². The highest BCUT2D eigenvalue weighted by molar-refractivity contribution is 5.89. The smallest absolute Gasteiger partial charge is 0.333 e. The van der Waals surface area contributed by atoms with Gasteiger partial charge in [-0.2, -0.15) is 0 Å². The number of hydrogen-bond acceptors (Lipinski definition) is 13. The maximum absolute atomic E-state index is 13.6. The van der Waals surface area contributed by atoms with Gasteiger partial charge in [-0.3, -0.25) is 4.79 Å². The van der Waals surface area contributed by atoms with E-state index in [9.17, 15) is 45.3 Å². The topological polar surface area (TPSA) is 217 Å². The summed E-state index contributed by atoms with van der Waals surface area (Å²) in [5, 5.41) is 71.8. The summed E-state index contributed by atoms with van der Waals surface area (Å²) in [6, 6.07) is 7.45. The Balaban J connectivity index is 1.41. The highest BCUT2D eigenvalue weighted by Crippen LogP contribution is 2.38. The number of phenols is 3. The average molecular weight is 615 g/mol. The molecule has 13 heteroatoms. The predicted molar refractivity (Wildman–Crippen MR) is 153 cm³/mol. The summed E-state index contributed by atoms with van der Waals surface area (Å²) in [6.07, 6.45) is -5.48. The molecule has 0 bridgehead atoms. The van der Waals surface area contributed by atoms with Crippen molar-refractivity contribution in [2.75, 3.05) is 6.61 Å². The first-order valence-electron chi connectivity index (χ1n) is 14.0. The maximum Gasteiger partial charge on any atom is 0.333 e. The maximum atomic E-state index is 13.6. The Bertz CT molecular complexity index is 1620. The molecule has 1 aromatic heterocycles. The van der Waals surface area contributed by atoms with Crippen LogP contribution in [0.5, 0.6) is 23.0 Å². The minimum Gasteiger partial charge on any atom is -0.508 e. The number of aliphatic hydroxyl groups is 4. The van der Waals surface area contributed by atoms with E-state index in [2.05, 4.69) is 0 Å². The molecule has 1 fully saturated rings. The largest absolute Gasteiger partial charge is 0.508 e. The van der Waals surface area contributed by atoms with Crippen molar-refractivity contribution >= 4 is 16.9 Å². The van der Waals surface area contributed by atoms with Gasteiger partial charge in [0.05, 0.1) is 5.60 Å². The third-order valence-electron chi connectivity index (χ3n) is 8.00. The second kappa shape index (κ2) is 12.1. The van der Waals surface area contributed by atoms with Crippen LogP contribution in [0.15, 0.2) is 57.3 Å². The molecule has 2 aromatic carbocycles. The minimum absolute atomic E-state index is 0.0242. The summed E-state index contributed by atoms with van der Waals surface area (Å²) in [6.45, 7) is 2.88. The third-order valence-corrected chi connectivity index (χ3v) is 8.00. The molecule has 0 radical (unpaired) electrons. The van der Waals surface area contributed by atoms with Gasteiger partial charge >= 0.3 is 5.97 Å². The Hall–Kier alpha value is -4.14. The average Bonchev–Trinajstić information content (AvgIpc) is 2.97. The van der Waals surface area contributed by atoms with E-state index >= 15 is 0 Å². The lowest BCUT2D eigenvalue weighted by molar-refractivity contribution is -0.278. The van der Waals surface area contributed by atoms with Crippen LogP contribution in [0.2, 0.25) is 0 Å². The molecule has 13 nitrogen and oxygen atoms in total. The van der Waals surface area contributed by atoms with Crippen LogP contribution in [0.1, 0.15) is 33.1 Å². The molecule has 2 heterocycles. The highest BCUT2D eigenvalue weighted by atomic mass is 16.7. The van der Waals surface area contributed by atoms with Crippen LogP contribution in [0.3, 0.4) is 0 Å². The number of aromatic hydroxyl groups is 3. The first-order valence-corrected chi connectivity index (χ1v) is 14.0. The number of rotatable bonds is 7. The van der Waals surface area contributed by atoms with Crippen molar-refractivity contribution in [2.24, 2.45) is 5.92 Å². The van der Waals surface area contributed by atoms with Crippen molar-refractivity contribution in [1.82, 2.24) is 0 Å². The monoisotopic (exact) mass is 614 g/mol. The molecule has 5 rings (SSSR count). The van der Waals surface area contributed by atoms with Gasteiger partial charge in [-0.25, -0.2) is 4.79 Å². The molecule has 0 amide bonds. The van der Waals surface area contributed by atoms with Gasteiger partial charge in [0.15, 0.2) is 5.76 Å². The van der Waals surface area contributed by atoms with Crippen molar-refractivity contribution in [3.8, 4) is 34.3 Å². The van der Waals surface area contributed by atoms with E-state index in [1.165, 1.54) is 24.3 Å². The van der Waals surface area contributed by atoms with E-state index in [0.717, 1.165) is 12.1 Å². The number of aliphatic hydroxyl groups excluding tert-OH is 3.